The average Bonchev–Trinajstić information content (AvgIpc) is 2.84. The minimum Gasteiger partial charge on any atom is -0.362 e. The quantitative estimate of drug-likeness (QED) is 0.647. The largest absolute Gasteiger partial charge is 0.362 e. The van der Waals surface area contributed by atoms with Crippen LogP contribution in [0.2, 0.25) is 0 Å². The van der Waals surface area contributed by atoms with Crippen LogP contribution in [0.5, 0.6) is 0 Å². The first-order chi connectivity index (χ1) is 16.0. The summed E-state index contributed by atoms with van der Waals surface area (Å²) >= 11 is 0. The first-order valence-electron chi connectivity index (χ1n) is 12.3. The third-order valence-electron chi connectivity index (χ3n) is 6.94. The number of amidine groups is 1. The second-order valence-electron chi connectivity index (χ2n) is 9.53. The van der Waals surface area contributed by atoms with Crippen molar-refractivity contribution in [1.29, 1.82) is 0 Å². The topological polar surface area (TPSA) is 69.1 Å². The zero-order chi connectivity index (χ0) is 23.2. The second kappa shape index (κ2) is 10.8. The molecule has 1 saturated carbocycles. The molecule has 6 nitrogen and oxygen atoms in total. The number of amides is 1. The van der Waals surface area contributed by atoms with Gasteiger partial charge in [-0.3, -0.25) is 4.79 Å². The summed E-state index contributed by atoms with van der Waals surface area (Å²) in [5, 5.41) is 6.82. The number of benzene rings is 1. The molecule has 2 atom stereocenters. The minimum atomic E-state index is -0.0648. The van der Waals surface area contributed by atoms with Crippen LogP contribution < -0.4 is 10.6 Å². The number of hydrogen-bond acceptors (Lipinski definition) is 5. The van der Waals surface area contributed by atoms with Gasteiger partial charge in [-0.2, -0.15) is 4.99 Å². The molecule has 0 spiro atoms. The number of carbonyl (C=O) groups is 1. The molecule has 0 radical (unpaired) electrons. The van der Waals surface area contributed by atoms with Crippen LogP contribution >= 0.6 is 0 Å². The standard InChI is InChI=1S/C27H37N5O/c1-4-22(20-10-6-5-7-11-20)26(33)28-18-19-14-16-21(17-15-19)29-27-30-24-13-9-8-12-23(24)25(31-27)32(2)3/h5-7,9-13,19,21-22,24H,4,8,14-18H2,1-3H3,(H,28,33)(H,29,30). The van der Waals surface area contributed by atoms with Gasteiger partial charge >= 0.3 is 0 Å². The molecular weight excluding hydrogens is 410 g/mol. The van der Waals surface area contributed by atoms with E-state index in [1.54, 1.807) is 0 Å². The number of allylic oxidation sites excluding steroid dienone is 2. The third kappa shape index (κ3) is 5.73. The van der Waals surface area contributed by atoms with Crippen LogP contribution in [-0.2, 0) is 4.79 Å². The van der Waals surface area contributed by atoms with Gasteiger partial charge in [0.2, 0.25) is 11.9 Å². The van der Waals surface area contributed by atoms with Gasteiger partial charge in [0.15, 0.2) is 0 Å². The van der Waals surface area contributed by atoms with E-state index in [1.165, 1.54) is 5.57 Å². The summed E-state index contributed by atoms with van der Waals surface area (Å²) in [6.07, 6.45) is 12.7. The highest BCUT2D eigenvalue weighted by Gasteiger charge is 2.28. The molecule has 2 N–H and O–H groups in total. The minimum absolute atomic E-state index is 0.0648. The van der Waals surface area contributed by atoms with E-state index in [-0.39, 0.29) is 17.9 Å². The molecule has 4 rings (SSSR count). The van der Waals surface area contributed by atoms with Crippen molar-refractivity contribution in [2.75, 3.05) is 20.6 Å². The highest BCUT2D eigenvalue weighted by molar-refractivity contribution is 6.08. The first-order valence-corrected chi connectivity index (χ1v) is 12.3. The maximum Gasteiger partial charge on any atom is 0.227 e. The number of nitrogens with zero attached hydrogens (tertiary/aromatic N) is 3. The van der Waals surface area contributed by atoms with Crippen LogP contribution in [0.4, 0.5) is 0 Å². The van der Waals surface area contributed by atoms with Crippen molar-refractivity contribution in [3.8, 4) is 0 Å². The van der Waals surface area contributed by atoms with Gasteiger partial charge in [-0.25, -0.2) is 4.99 Å². The fourth-order valence-electron chi connectivity index (χ4n) is 5.04. The number of nitrogens with one attached hydrogen (secondary N) is 2. The van der Waals surface area contributed by atoms with Crippen molar-refractivity contribution < 1.29 is 4.79 Å². The Hall–Kier alpha value is -2.89. The van der Waals surface area contributed by atoms with Crippen LogP contribution in [0.1, 0.15) is 56.9 Å². The Labute approximate surface area is 198 Å². The lowest BCUT2D eigenvalue weighted by Gasteiger charge is -2.32. The van der Waals surface area contributed by atoms with Gasteiger partial charge in [-0.05, 0) is 50.0 Å². The van der Waals surface area contributed by atoms with Gasteiger partial charge in [-0.15, -0.1) is 0 Å². The fourth-order valence-corrected chi connectivity index (χ4v) is 5.04. The second-order valence-corrected chi connectivity index (χ2v) is 9.53. The number of rotatable bonds is 6. The lowest BCUT2D eigenvalue weighted by Crippen LogP contribution is -2.43. The molecule has 0 bridgehead atoms. The summed E-state index contributed by atoms with van der Waals surface area (Å²) in [7, 11) is 4.08. The summed E-state index contributed by atoms with van der Waals surface area (Å²) in [5.74, 6) is 2.37. The number of fused-ring (bicyclic) bond motifs is 1. The van der Waals surface area contributed by atoms with Crippen molar-refractivity contribution in [2.45, 2.75) is 63.5 Å². The number of carbonyl (C=O) groups excluding carboxylic acids is 1. The van der Waals surface area contributed by atoms with Crippen molar-refractivity contribution in [3.05, 3.63) is 59.7 Å². The van der Waals surface area contributed by atoms with E-state index in [1.807, 2.05) is 44.4 Å². The zero-order valence-corrected chi connectivity index (χ0v) is 20.1. The Balaban J connectivity index is 1.27. The van der Waals surface area contributed by atoms with Crippen LogP contribution in [-0.4, -0.2) is 55.3 Å². The maximum absolute atomic E-state index is 12.8. The van der Waals surface area contributed by atoms with E-state index in [0.717, 1.165) is 62.4 Å². The van der Waals surface area contributed by atoms with Gasteiger partial charge in [0.25, 0.3) is 0 Å². The highest BCUT2D eigenvalue weighted by atomic mass is 16.1. The van der Waals surface area contributed by atoms with E-state index in [2.05, 4.69) is 40.7 Å². The van der Waals surface area contributed by atoms with Gasteiger partial charge in [0.1, 0.15) is 11.9 Å². The van der Waals surface area contributed by atoms with Gasteiger partial charge in [-0.1, -0.05) is 55.5 Å². The maximum atomic E-state index is 12.8. The molecule has 3 aliphatic rings. The van der Waals surface area contributed by atoms with E-state index < -0.39 is 0 Å². The van der Waals surface area contributed by atoms with Gasteiger partial charge < -0.3 is 15.5 Å². The van der Waals surface area contributed by atoms with Crippen LogP contribution in [0.3, 0.4) is 0 Å². The summed E-state index contributed by atoms with van der Waals surface area (Å²) in [6.45, 7) is 2.84. The summed E-state index contributed by atoms with van der Waals surface area (Å²) in [4.78, 5) is 24.5. The van der Waals surface area contributed by atoms with Gasteiger partial charge in [0, 0.05) is 32.3 Å². The molecule has 33 heavy (non-hydrogen) atoms. The Morgan fingerprint density at radius 2 is 1.91 bits per heavy atom. The molecule has 6 heteroatoms. The van der Waals surface area contributed by atoms with Crippen molar-refractivity contribution in [3.63, 3.8) is 0 Å². The number of aliphatic imine (C=N–C) groups is 2. The SMILES string of the molecule is CCC(C(=O)NCC1CCC(NC2=NC3C=CCC=C3C(N(C)C)=N2)CC1)c1ccccc1. The van der Waals surface area contributed by atoms with Crippen molar-refractivity contribution in [2.24, 2.45) is 15.9 Å². The molecule has 2 unspecified atom stereocenters. The van der Waals surface area contributed by atoms with Crippen LogP contribution in [0, 0.1) is 5.92 Å². The average molecular weight is 448 g/mol. The van der Waals surface area contributed by atoms with E-state index >= 15 is 0 Å². The summed E-state index contributed by atoms with van der Waals surface area (Å²) in [6, 6.07) is 10.5. The lowest BCUT2D eigenvalue weighted by molar-refractivity contribution is -0.122. The Morgan fingerprint density at radius 1 is 1.15 bits per heavy atom. The summed E-state index contributed by atoms with van der Waals surface area (Å²) in [5.41, 5.74) is 2.30. The Morgan fingerprint density at radius 3 is 2.61 bits per heavy atom. The molecule has 2 aliphatic carbocycles. The van der Waals surface area contributed by atoms with E-state index in [4.69, 9.17) is 9.98 Å². The zero-order valence-electron chi connectivity index (χ0n) is 20.1. The number of guanidine groups is 1. The van der Waals surface area contributed by atoms with E-state index in [9.17, 15) is 4.79 Å². The molecular formula is C27H37N5O. The summed E-state index contributed by atoms with van der Waals surface area (Å²) < 4.78 is 0. The van der Waals surface area contributed by atoms with E-state index in [0.29, 0.717) is 12.0 Å². The Bertz CT molecular complexity index is 939. The smallest absolute Gasteiger partial charge is 0.227 e. The third-order valence-corrected chi connectivity index (χ3v) is 6.94. The molecule has 1 fully saturated rings. The molecule has 1 aromatic carbocycles. The molecule has 1 aliphatic heterocycles. The lowest BCUT2D eigenvalue weighted by atomic mass is 9.85. The predicted octanol–water partition coefficient (Wildman–Crippen LogP) is 4.03. The normalized spacial score (nSPS) is 25.2. The van der Waals surface area contributed by atoms with Crippen molar-refractivity contribution in [1.82, 2.24) is 15.5 Å². The molecule has 176 valence electrons. The monoisotopic (exact) mass is 447 g/mol. The molecule has 0 saturated heterocycles. The highest BCUT2D eigenvalue weighted by Crippen LogP contribution is 2.26. The molecule has 0 aromatic heterocycles. The van der Waals surface area contributed by atoms with Crippen LogP contribution in [0.25, 0.3) is 0 Å². The fraction of sp³-hybridized carbons (Fsp3) is 0.519. The van der Waals surface area contributed by atoms with Crippen molar-refractivity contribution >= 4 is 17.7 Å². The van der Waals surface area contributed by atoms with Crippen LogP contribution in [0.15, 0.2) is 64.1 Å². The Kier molecular flexibility index (Phi) is 7.63. The molecule has 1 aromatic rings. The predicted molar refractivity (Wildman–Crippen MR) is 136 cm³/mol. The number of likely N-dealkylation sites (N-methyl/N-ethyl adjacent to an activating group) is 1. The van der Waals surface area contributed by atoms with Gasteiger partial charge in [0.05, 0.1) is 5.92 Å². The molecule has 1 heterocycles. The first kappa shape index (κ1) is 23.3. The number of hydrogen-bond donors (Lipinski definition) is 2. The molecule has 1 amide bonds.